The van der Waals surface area contributed by atoms with Gasteiger partial charge in [-0.3, -0.25) is 5.10 Å². The summed E-state index contributed by atoms with van der Waals surface area (Å²) in [6.07, 6.45) is 1.28. The molecule has 0 aromatic carbocycles. The Balaban J connectivity index is 3.06. The van der Waals surface area contributed by atoms with Crippen LogP contribution in [0.15, 0.2) is 11.1 Å². The van der Waals surface area contributed by atoms with Gasteiger partial charge in [0.2, 0.25) is 10.0 Å². The molecule has 0 fully saturated rings. The molecule has 0 aliphatic carbocycles. The van der Waals surface area contributed by atoms with Crippen LogP contribution < -0.4 is 0 Å². The normalized spacial score (nSPS) is 12.3. The first kappa shape index (κ1) is 12.2. The summed E-state index contributed by atoms with van der Waals surface area (Å²) in [7, 11) is -3.52. The predicted octanol–water partition coefficient (Wildman–Crippen LogP) is -0.279. The molecule has 0 saturated heterocycles. The van der Waals surface area contributed by atoms with Crippen LogP contribution >= 0.6 is 0 Å². The lowest BCUT2D eigenvalue weighted by atomic mass is 10.5. The maximum absolute atomic E-state index is 12.0. The van der Waals surface area contributed by atoms with Crippen molar-refractivity contribution in [2.45, 2.75) is 18.7 Å². The largest absolute Gasteiger partial charge is 0.395 e. The van der Waals surface area contributed by atoms with Gasteiger partial charge >= 0.3 is 0 Å². The minimum absolute atomic E-state index is 0.101. The van der Waals surface area contributed by atoms with E-state index < -0.39 is 10.0 Å². The van der Waals surface area contributed by atoms with Crippen molar-refractivity contribution in [2.75, 3.05) is 19.7 Å². The summed E-state index contributed by atoms with van der Waals surface area (Å²) < 4.78 is 25.2. The number of nitrogens with one attached hydrogen (secondary N) is 1. The van der Waals surface area contributed by atoms with Crippen LogP contribution in [0.5, 0.6) is 0 Å². The van der Waals surface area contributed by atoms with E-state index in [0.29, 0.717) is 12.2 Å². The van der Waals surface area contributed by atoms with Crippen LogP contribution in [-0.4, -0.2) is 47.7 Å². The second-order valence-corrected chi connectivity index (χ2v) is 4.99. The van der Waals surface area contributed by atoms with Crippen LogP contribution in [0.3, 0.4) is 0 Å². The highest BCUT2D eigenvalue weighted by Gasteiger charge is 2.25. The first-order valence-electron chi connectivity index (χ1n) is 4.65. The van der Waals surface area contributed by atoms with Gasteiger partial charge in [0.15, 0.2) is 0 Å². The van der Waals surface area contributed by atoms with Gasteiger partial charge in [0.05, 0.1) is 18.5 Å². The molecule has 0 unspecified atom stereocenters. The van der Waals surface area contributed by atoms with Crippen molar-refractivity contribution in [2.24, 2.45) is 0 Å². The highest BCUT2D eigenvalue weighted by Crippen LogP contribution is 2.16. The van der Waals surface area contributed by atoms with Gasteiger partial charge in [0.25, 0.3) is 0 Å². The van der Waals surface area contributed by atoms with Crippen LogP contribution in [0.25, 0.3) is 0 Å². The Hall–Kier alpha value is -0.920. The Morgan fingerprint density at radius 2 is 2.27 bits per heavy atom. The molecule has 0 atom stereocenters. The van der Waals surface area contributed by atoms with Gasteiger partial charge in [-0.05, 0) is 6.92 Å². The van der Waals surface area contributed by atoms with E-state index in [4.69, 9.17) is 5.11 Å². The van der Waals surface area contributed by atoms with Crippen molar-refractivity contribution < 1.29 is 13.5 Å². The van der Waals surface area contributed by atoms with Crippen LogP contribution in [0.2, 0.25) is 0 Å². The molecular formula is C8H15N3O3S. The van der Waals surface area contributed by atoms with E-state index in [1.165, 1.54) is 10.5 Å². The third-order valence-corrected chi connectivity index (χ3v) is 4.19. The zero-order valence-corrected chi connectivity index (χ0v) is 9.58. The maximum atomic E-state index is 12.0. The lowest BCUT2D eigenvalue weighted by Gasteiger charge is -2.18. The van der Waals surface area contributed by atoms with Gasteiger partial charge in [-0.2, -0.15) is 9.40 Å². The summed E-state index contributed by atoms with van der Waals surface area (Å²) in [4.78, 5) is 0.165. The average molecular weight is 233 g/mol. The molecule has 86 valence electrons. The molecule has 6 nitrogen and oxygen atoms in total. The minimum Gasteiger partial charge on any atom is -0.395 e. The molecule has 0 saturated carbocycles. The molecule has 1 aromatic rings. The number of likely N-dealkylation sites (N-methyl/N-ethyl adjacent to an activating group) is 1. The molecule has 0 aliphatic rings. The highest BCUT2D eigenvalue weighted by atomic mass is 32.2. The second-order valence-electron chi connectivity index (χ2n) is 3.08. The van der Waals surface area contributed by atoms with Crippen molar-refractivity contribution in [3.63, 3.8) is 0 Å². The number of H-pyrrole nitrogens is 1. The lowest BCUT2D eigenvalue weighted by Crippen LogP contribution is -2.33. The fourth-order valence-corrected chi connectivity index (χ4v) is 2.86. The van der Waals surface area contributed by atoms with Crippen LogP contribution in [-0.2, 0) is 10.0 Å². The van der Waals surface area contributed by atoms with E-state index in [1.807, 2.05) is 0 Å². The van der Waals surface area contributed by atoms with Crippen molar-refractivity contribution in [1.82, 2.24) is 14.5 Å². The zero-order chi connectivity index (χ0) is 11.5. The molecule has 1 rings (SSSR count). The quantitative estimate of drug-likeness (QED) is 0.732. The van der Waals surface area contributed by atoms with Gasteiger partial charge < -0.3 is 5.11 Å². The predicted molar refractivity (Wildman–Crippen MR) is 54.8 cm³/mol. The Labute approximate surface area is 89.0 Å². The number of aliphatic hydroxyl groups excluding tert-OH is 1. The number of hydrogen-bond donors (Lipinski definition) is 2. The number of sulfonamides is 1. The number of nitrogens with zero attached hydrogens (tertiary/aromatic N) is 2. The lowest BCUT2D eigenvalue weighted by molar-refractivity contribution is 0.257. The molecule has 1 heterocycles. The summed E-state index contributed by atoms with van der Waals surface area (Å²) in [5.74, 6) is 0. The molecule has 0 radical (unpaired) electrons. The van der Waals surface area contributed by atoms with Gasteiger partial charge in [-0.15, -0.1) is 0 Å². The van der Waals surface area contributed by atoms with E-state index >= 15 is 0 Å². The van der Waals surface area contributed by atoms with Crippen LogP contribution in [0, 0.1) is 6.92 Å². The smallest absolute Gasteiger partial charge is 0.246 e. The van der Waals surface area contributed by atoms with E-state index in [2.05, 4.69) is 10.2 Å². The summed E-state index contributed by atoms with van der Waals surface area (Å²) >= 11 is 0. The van der Waals surface area contributed by atoms with Crippen molar-refractivity contribution in [1.29, 1.82) is 0 Å². The maximum Gasteiger partial charge on any atom is 0.246 e. The SMILES string of the molecule is CCN(CCO)S(=O)(=O)c1cn[nH]c1C. The van der Waals surface area contributed by atoms with Crippen molar-refractivity contribution >= 4 is 10.0 Å². The van der Waals surface area contributed by atoms with Gasteiger partial charge in [-0.25, -0.2) is 8.42 Å². The number of aromatic nitrogens is 2. The van der Waals surface area contributed by atoms with E-state index in [1.54, 1.807) is 13.8 Å². The fourth-order valence-electron chi connectivity index (χ4n) is 1.30. The van der Waals surface area contributed by atoms with Crippen LogP contribution in [0.1, 0.15) is 12.6 Å². The highest BCUT2D eigenvalue weighted by molar-refractivity contribution is 7.89. The van der Waals surface area contributed by atoms with E-state index in [0.717, 1.165) is 0 Å². The van der Waals surface area contributed by atoms with Crippen LogP contribution in [0.4, 0.5) is 0 Å². The molecule has 0 spiro atoms. The van der Waals surface area contributed by atoms with Crippen molar-refractivity contribution in [3.8, 4) is 0 Å². The molecule has 1 aromatic heterocycles. The zero-order valence-electron chi connectivity index (χ0n) is 8.77. The third-order valence-electron chi connectivity index (χ3n) is 2.10. The first-order valence-corrected chi connectivity index (χ1v) is 6.09. The fraction of sp³-hybridized carbons (Fsp3) is 0.625. The van der Waals surface area contributed by atoms with E-state index in [-0.39, 0.29) is 18.0 Å². The van der Waals surface area contributed by atoms with Crippen molar-refractivity contribution in [3.05, 3.63) is 11.9 Å². The second kappa shape index (κ2) is 4.73. The topological polar surface area (TPSA) is 86.3 Å². The molecule has 0 aliphatic heterocycles. The number of aromatic amines is 1. The average Bonchev–Trinajstić information content (AvgIpc) is 2.61. The molecule has 2 N–H and O–H groups in total. The summed E-state index contributed by atoms with van der Waals surface area (Å²) in [5, 5.41) is 15.0. The summed E-state index contributed by atoms with van der Waals surface area (Å²) in [6, 6.07) is 0. The van der Waals surface area contributed by atoms with Gasteiger partial charge in [-0.1, -0.05) is 6.92 Å². The third kappa shape index (κ3) is 2.36. The standard InChI is InChI=1S/C8H15N3O3S/c1-3-11(4-5-12)15(13,14)8-6-9-10-7(8)2/h6,12H,3-5H2,1-2H3,(H,9,10). The van der Waals surface area contributed by atoms with Gasteiger partial charge in [0.1, 0.15) is 4.90 Å². The molecule has 7 heteroatoms. The summed E-state index contributed by atoms with van der Waals surface area (Å²) in [5.41, 5.74) is 0.506. The first-order chi connectivity index (χ1) is 7.04. The van der Waals surface area contributed by atoms with Gasteiger partial charge in [0, 0.05) is 13.1 Å². The molecule has 0 bridgehead atoms. The molecule has 0 amide bonds. The Morgan fingerprint density at radius 1 is 1.60 bits per heavy atom. The number of aryl methyl sites for hydroxylation is 1. The molecular weight excluding hydrogens is 218 g/mol. The summed E-state index contributed by atoms with van der Waals surface area (Å²) in [6.45, 7) is 3.61. The Bertz CT molecular complexity index is 413. The number of rotatable bonds is 5. The van der Waals surface area contributed by atoms with E-state index in [9.17, 15) is 8.42 Å². The Kier molecular flexibility index (Phi) is 3.83. The Morgan fingerprint density at radius 3 is 2.67 bits per heavy atom. The minimum atomic E-state index is -3.52. The number of aliphatic hydroxyl groups is 1. The monoisotopic (exact) mass is 233 g/mol. The molecule has 15 heavy (non-hydrogen) atoms. The number of hydrogen-bond acceptors (Lipinski definition) is 4.